The summed E-state index contributed by atoms with van der Waals surface area (Å²) in [6.07, 6.45) is 1.59. The Kier molecular flexibility index (Phi) is 5.89. The second-order valence-corrected chi connectivity index (χ2v) is 6.96. The van der Waals surface area contributed by atoms with Gasteiger partial charge in [-0.3, -0.25) is 0 Å². The Bertz CT molecular complexity index is 483. The molecule has 1 heterocycles. The lowest BCUT2D eigenvalue weighted by molar-refractivity contribution is 0.537. The molecule has 1 aromatic rings. The van der Waals surface area contributed by atoms with Gasteiger partial charge in [-0.1, -0.05) is 13.8 Å². The van der Waals surface area contributed by atoms with E-state index in [4.69, 9.17) is 0 Å². The van der Waals surface area contributed by atoms with Gasteiger partial charge in [-0.2, -0.15) is 0 Å². The zero-order valence-corrected chi connectivity index (χ0v) is 12.7. The Morgan fingerprint density at radius 2 is 2.05 bits per heavy atom. The summed E-state index contributed by atoms with van der Waals surface area (Å²) in [4.78, 5) is 0. The highest BCUT2D eigenvalue weighted by Gasteiger charge is 2.21. The molecule has 19 heavy (non-hydrogen) atoms. The molecule has 7 nitrogen and oxygen atoms in total. The largest absolute Gasteiger partial charge is 0.317 e. The minimum absolute atomic E-state index is 0.169. The molecule has 1 unspecified atom stereocenters. The second kappa shape index (κ2) is 6.97. The van der Waals surface area contributed by atoms with Crippen molar-refractivity contribution in [3.05, 3.63) is 12.2 Å². The van der Waals surface area contributed by atoms with Gasteiger partial charge >= 0.3 is 0 Å². The van der Waals surface area contributed by atoms with E-state index in [2.05, 4.69) is 20.2 Å². The molecule has 0 aromatic carbocycles. The number of nitrogens with one attached hydrogen (secondary N) is 2. The third-order valence-corrected chi connectivity index (χ3v) is 4.58. The molecule has 0 radical (unpaired) electrons. The van der Waals surface area contributed by atoms with Crippen LogP contribution in [0.5, 0.6) is 0 Å². The van der Waals surface area contributed by atoms with Gasteiger partial charge in [0.1, 0.15) is 12.2 Å². The third kappa shape index (κ3) is 4.88. The first-order chi connectivity index (χ1) is 8.86. The third-order valence-electron chi connectivity index (χ3n) is 2.81. The van der Waals surface area contributed by atoms with Crippen LogP contribution < -0.4 is 10.0 Å². The molecule has 110 valence electrons. The van der Waals surface area contributed by atoms with Gasteiger partial charge < -0.3 is 9.88 Å². The maximum atomic E-state index is 12.0. The molecule has 0 saturated heterocycles. The van der Waals surface area contributed by atoms with Crippen molar-refractivity contribution in [1.82, 2.24) is 24.8 Å². The van der Waals surface area contributed by atoms with Gasteiger partial charge in [0.05, 0.1) is 11.8 Å². The molecule has 0 aliphatic carbocycles. The van der Waals surface area contributed by atoms with Gasteiger partial charge in [-0.25, -0.2) is 13.1 Å². The Morgan fingerprint density at radius 1 is 1.37 bits per heavy atom. The maximum Gasteiger partial charge on any atom is 0.215 e. The topological polar surface area (TPSA) is 88.9 Å². The summed E-state index contributed by atoms with van der Waals surface area (Å²) in [5.74, 6) is 0.620. The zero-order valence-electron chi connectivity index (χ0n) is 11.9. The van der Waals surface area contributed by atoms with Crippen LogP contribution in [0.3, 0.4) is 0 Å². The van der Waals surface area contributed by atoms with Gasteiger partial charge in [0, 0.05) is 19.1 Å². The molecule has 0 saturated carbocycles. The van der Waals surface area contributed by atoms with Crippen molar-refractivity contribution >= 4 is 10.0 Å². The molecule has 0 spiro atoms. The van der Waals surface area contributed by atoms with E-state index in [1.54, 1.807) is 17.8 Å². The fourth-order valence-corrected chi connectivity index (χ4v) is 2.43. The quantitative estimate of drug-likeness (QED) is 0.709. The lowest BCUT2D eigenvalue weighted by Gasteiger charge is -2.16. The number of sulfonamides is 1. The predicted molar refractivity (Wildman–Crippen MR) is 74.1 cm³/mol. The second-order valence-electron chi connectivity index (χ2n) is 4.77. The van der Waals surface area contributed by atoms with Crippen molar-refractivity contribution in [2.45, 2.75) is 52.1 Å². The van der Waals surface area contributed by atoms with E-state index in [0.29, 0.717) is 18.9 Å². The highest BCUT2D eigenvalue weighted by atomic mass is 32.2. The molecule has 1 aromatic heterocycles. The molecule has 1 rings (SSSR count). The van der Waals surface area contributed by atoms with Gasteiger partial charge in [0.25, 0.3) is 0 Å². The first-order valence-corrected chi connectivity index (χ1v) is 8.00. The number of aryl methyl sites for hydroxylation is 1. The fourth-order valence-electron chi connectivity index (χ4n) is 1.50. The van der Waals surface area contributed by atoms with Crippen LogP contribution in [0.15, 0.2) is 6.33 Å². The van der Waals surface area contributed by atoms with Crippen LogP contribution in [0.25, 0.3) is 0 Å². The average Bonchev–Trinajstić information content (AvgIpc) is 2.80. The van der Waals surface area contributed by atoms with Crippen molar-refractivity contribution in [3.8, 4) is 0 Å². The molecule has 0 bridgehead atoms. The molecule has 0 fully saturated rings. The Morgan fingerprint density at radius 3 is 2.63 bits per heavy atom. The van der Waals surface area contributed by atoms with E-state index >= 15 is 0 Å². The summed E-state index contributed by atoms with van der Waals surface area (Å²) in [5, 5.41) is 10.3. The van der Waals surface area contributed by atoms with Crippen molar-refractivity contribution < 1.29 is 8.42 Å². The molecule has 1 atom stereocenters. The summed E-state index contributed by atoms with van der Waals surface area (Å²) in [6, 6.07) is 0.265. The van der Waals surface area contributed by atoms with Crippen LogP contribution in [-0.2, 0) is 23.1 Å². The van der Waals surface area contributed by atoms with Crippen LogP contribution in [0.1, 0.15) is 33.5 Å². The van der Waals surface area contributed by atoms with Crippen molar-refractivity contribution in [2.24, 2.45) is 0 Å². The van der Waals surface area contributed by atoms with Crippen molar-refractivity contribution in [3.63, 3.8) is 0 Å². The van der Waals surface area contributed by atoms with Crippen LogP contribution in [0, 0.1) is 0 Å². The van der Waals surface area contributed by atoms with E-state index in [-0.39, 0.29) is 12.6 Å². The molecule has 8 heteroatoms. The molecular formula is C11H23N5O2S. The number of nitrogens with zero attached hydrogens (tertiary/aromatic N) is 3. The lowest BCUT2D eigenvalue weighted by atomic mass is 10.3. The van der Waals surface area contributed by atoms with E-state index in [1.807, 2.05) is 20.8 Å². The van der Waals surface area contributed by atoms with Crippen LogP contribution in [0.4, 0.5) is 0 Å². The SMILES string of the molecule is CCn1cnnc1CNS(=O)(=O)C(C)CNC(C)C. The van der Waals surface area contributed by atoms with Gasteiger partial charge in [-0.05, 0) is 13.8 Å². The van der Waals surface area contributed by atoms with E-state index < -0.39 is 15.3 Å². The molecule has 0 aliphatic rings. The summed E-state index contributed by atoms with van der Waals surface area (Å²) in [7, 11) is -3.35. The molecular weight excluding hydrogens is 266 g/mol. The number of hydrogen-bond donors (Lipinski definition) is 2. The first-order valence-electron chi connectivity index (χ1n) is 6.45. The van der Waals surface area contributed by atoms with Crippen LogP contribution >= 0.6 is 0 Å². The van der Waals surface area contributed by atoms with Crippen LogP contribution in [-0.4, -0.2) is 41.0 Å². The van der Waals surface area contributed by atoms with E-state index in [1.165, 1.54) is 0 Å². The standard InChI is InChI=1S/C11H23N5O2S/c1-5-16-8-13-15-11(16)7-14-19(17,18)10(4)6-12-9(2)3/h8-10,12,14H,5-7H2,1-4H3. The number of rotatable bonds is 8. The molecule has 0 amide bonds. The van der Waals surface area contributed by atoms with E-state index in [0.717, 1.165) is 0 Å². The molecule has 0 aliphatic heterocycles. The monoisotopic (exact) mass is 289 g/mol. The van der Waals surface area contributed by atoms with Crippen molar-refractivity contribution in [1.29, 1.82) is 0 Å². The Hall–Kier alpha value is -0.990. The normalized spacial score (nSPS) is 13.9. The maximum absolute atomic E-state index is 12.0. The fraction of sp³-hybridized carbons (Fsp3) is 0.818. The Balaban J connectivity index is 2.55. The predicted octanol–water partition coefficient (Wildman–Crippen LogP) is 0.104. The highest BCUT2D eigenvalue weighted by Crippen LogP contribution is 2.01. The molecule has 2 N–H and O–H groups in total. The van der Waals surface area contributed by atoms with Gasteiger partial charge in [0.2, 0.25) is 10.0 Å². The summed E-state index contributed by atoms with van der Waals surface area (Å²) in [6.45, 7) is 8.91. The zero-order chi connectivity index (χ0) is 14.5. The average molecular weight is 289 g/mol. The minimum Gasteiger partial charge on any atom is -0.317 e. The summed E-state index contributed by atoms with van der Waals surface area (Å²) in [5.41, 5.74) is 0. The van der Waals surface area contributed by atoms with Crippen LogP contribution in [0.2, 0.25) is 0 Å². The van der Waals surface area contributed by atoms with Gasteiger partial charge in [0.15, 0.2) is 0 Å². The summed E-state index contributed by atoms with van der Waals surface area (Å²) >= 11 is 0. The minimum atomic E-state index is -3.35. The highest BCUT2D eigenvalue weighted by molar-refractivity contribution is 7.90. The van der Waals surface area contributed by atoms with Crippen molar-refractivity contribution in [2.75, 3.05) is 6.54 Å². The smallest absolute Gasteiger partial charge is 0.215 e. The summed E-state index contributed by atoms with van der Waals surface area (Å²) < 4.78 is 28.4. The van der Waals surface area contributed by atoms with E-state index in [9.17, 15) is 8.42 Å². The Labute approximate surface area is 114 Å². The van der Waals surface area contributed by atoms with Gasteiger partial charge in [-0.15, -0.1) is 10.2 Å². The lowest BCUT2D eigenvalue weighted by Crippen LogP contribution is -2.40. The first kappa shape index (κ1) is 16.1. The number of aromatic nitrogens is 3. The number of hydrogen-bond acceptors (Lipinski definition) is 5.